The van der Waals surface area contributed by atoms with Gasteiger partial charge in [0.05, 0.1) is 13.0 Å². The van der Waals surface area contributed by atoms with E-state index in [0.717, 1.165) is 21.6 Å². The molecule has 2 aliphatic rings. The van der Waals surface area contributed by atoms with Gasteiger partial charge >= 0.3 is 0 Å². The highest BCUT2D eigenvalue weighted by Crippen LogP contribution is 2.42. The number of primary amides is 3. The van der Waals surface area contributed by atoms with Gasteiger partial charge in [-0.05, 0) is 74.5 Å². The van der Waals surface area contributed by atoms with E-state index >= 15 is 4.79 Å². The molecule has 0 aliphatic carbocycles. The molecule has 14 N–H and O–H groups in total. The number of carbonyl (C=O) groups is 11. The fourth-order valence-corrected chi connectivity index (χ4v) is 11.2. The van der Waals surface area contributed by atoms with Crippen LogP contribution in [0.2, 0.25) is 0 Å². The molecule has 9 atom stereocenters. The third kappa shape index (κ3) is 19.0. The van der Waals surface area contributed by atoms with E-state index in [-0.39, 0.29) is 43.1 Å². The molecule has 0 radical (unpaired) electrons. The number of benzene rings is 1. The van der Waals surface area contributed by atoms with E-state index in [4.69, 9.17) is 17.2 Å². The maximum Gasteiger partial charge on any atom is 0.247 e. The zero-order valence-corrected chi connectivity index (χ0v) is 45.4. The zero-order chi connectivity index (χ0) is 55.8. The van der Waals surface area contributed by atoms with Gasteiger partial charge in [-0.2, -0.15) is 0 Å². The van der Waals surface area contributed by atoms with E-state index in [0.29, 0.717) is 18.4 Å². The molecule has 1 aromatic rings. The lowest BCUT2D eigenvalue weighted by molar-refractivity contribution is -0.146. The van der Waals surface area contributed by atoms with Gasteiger partial charge in [0, 0.05) is 35.8 Å². The number of nitrogens with zero attached hydrogens (tertiary/aromatic N) is 1. The molecule has 0 unspecified atom stereocenters. The molecule has 2 heterocycles. The molecule has 2 aliphatic heterocycles. The number of carbonyl (C=O) groups excluding carboxylic acids is 11. The summed E-state index contributed by atoms with van der Waals surface area (Å²) in [6, 6.07) is -4.39. The molecule has 0 aromatic heterocycles. The van der Waals surface area contributed by atoms with E-state index in [1.807, 2.05) is 34.6 Å². The summed E-state index contributed by atoms with van der Waals surface area (Å²) in [5.74, 6) is -9.58. The Morgan fingerprint density at radius 3 is 1.99 bits per heavy atom. The number of amides is 11. The molecule has 412 valence electrons. The van der Waals surface area contributed by atoms with Crippen molar-refractivity contribution in [2.24, 2.45) is 34.5 Å². The normalized spacial score (nSPS) is 24.4. The Hall–Kier alpha value is -6.11. The molecule has 0 spiro atoms. The van der Waals surface area contributed by atoms with Crippen molar-refractivity contribution >= 4 is 86.6 Å². The van der Waals surface area contributed by atoms with Crippen LogP contribution >= 0.6 is 21.6 Å². The Morgan fingerprint density at radius 1 is 0.811 bits per heavy atom. The molecule has 0 bridgehead atoms. The highest BCUT2D eigenvalue weighted by Gasteiger charge is 2.51. The van der Waals surface area contributed by atoms with Crippen LogP contribution in [0.15, 0.2) is 24.3 Å². The van der Waals surface area contributed by atoms with Crippen molar-refractivity contribution in [3.8, 4) is 5.75 Å². The topological polar surface area (TPSA) is 374 Å². The predicted molar refractivity (Wildman–Crippen MR) is 279 cm³/mol. The van der Waals surface area contributed by atoms with Crippen LogP contribution in [0.5, 0.6) is 5.75 Å². The number of phenols is 1. The van der Waals surface area contributed by atoms with Crippen LogP contribution in [-0.4, -0.2) is 140 Å². The SMILES string of the molecule is CC[C@H](C)[C@@H]1NC(=O)[C@H](Cc2ccc(O)cc2)NC(=O)CCSSC(C)(C)[C@@H](C(=O)N2[C@H](C(=O)N[C@@H](CC(C)C)C(=O)NCC(N)=O)CC[C@@H]2C(C)(C)C)NC(=O)[C@H](CC(N)=O)NC(=O)[C@H](CCC(N)=O)NC1=O. The fraction of sp³-hybridized carbons (Fsp3) is 0.653. The van der Waals surface area contributed by atoms with Crippen LogP contribution in [0.1, 0.15) is 119 Å². The van der Waals surface area contributed by atoms with Crippen molar-refractivity contribution in [2.45, 2.75) is 173 Å². The highest BCUT2D eigenvalue weighted by atomic mass is 33.1. The minimum Gasteiger partial charge on any atom is -0.508 e. The molecular formula is C49H77N11O12S2. The van der Waals surface area contributed by atoms with Gasteiger partial charge in [0.15, 0.2) is 0 Å². The largest absolute Gasteiger partial charge is 0.508 e. The molecule has 0 saturated carbocycles. The summed E-state index contributed by atoms with van der Waals surface area (Å²) in [7, 11) is 2.29. The zero-order valence-electron chi connectivity index (χ0n) is 43.8. The average Bonchev–Trinajstić information content (AvgIpc) is 3.77. The van der Waals surface area contributed by atoms with Crippen LogP contribution in [0.3, 0.4) is 0 Å². The summed E-state index contributed by atoms with van der Waals surface area (Å²) >= 11 is 0. The number of nitrogens with one attached hydrogen (secondary N) is 7. The van der Waals surface area contributed by atoms with E-state index < -0.39 is 155 Å². The van der Waals surface area contributed by atoms with Crippen LogP contribution in [-0.2, 0) is 59.2 Å². The first kappa shape index (κ1) is 62.2. The summed E-state index contributed by atoms with van der Waals surface area (Å²) in [5.41, 5.74) is 16.3. The van der Waals surface area contributed by atoms with Crippen LogP contribution < -0.4 is 54.4 Å². The van der Waals surface area contributed by atoms with Crippen LogP contribution in [0.25, 0.3) is 0 Å². The second kappa shape index (κ2) is 28.0. The number of nitrogens with two attached hydrogens (primary N) is 3. The van der Waals surface area contributed by atoms with Gasteiger partial charge in [-0.15, -0.1) is 0 Å². The Bertz CT molecular complexity index is 2220. The maximum absolute atomic E-state index is 15.5. The van der Waals surface area contributed by atoms with Gasteiger partial charge in [-0.3, -0.25) is 52.7 Å². The van der Waals surface area contributed by atoms with Gasteiger partial charge < -0.3 is 64.4 Å². The minimum absolute atomic E-state index is 0.0283. The lowest BCUT2D eigenvalue weighted by Crippen LogP contribution is -2.65. The second-order valence-corrected chi connectivity index (χ2v) is 24.0. The van der Waals surface area contributed by atoms with Crippen molar-refractivity contribution in [3.05, 3.63) is 29.8 Å². The van der Waals surface area contributed by atoms with Gasteiger partial charge in [0.25, 0.3) is 0 Å². The number of likely N-dealkylation sites (tertiary alicyclic amines) is 1. The molecule has 74 heavy (non-hydrogen) atoms. The monoisotopic (exact) mass is 1080 g/mol. The first-order valence-corrected chi connectivity index (χ1v) is 27.1. The number of hydrogen-bond donors (Lipinski definition) is 11. The lowest BCUT2D eigenvalue weighted by atomic mass is 9.84. The van der Waals surface area contributed by atoms with Crippen molar-refractivity contribution < 1.29 is 57.8 Å². The molecule has 2 fully saturated rings. The smallest absolute Gasteiger partial charge is 0.247 e. The summed E-state index contributed by atoms with van der Waals surface area (Å²) in [5, 5.41) is 28.4. The first-order valence-electron chi connectivity index (χ1n) is 24.8. The molecule has 3 rings (SSSR count). The molecule has 23 nitrogen and oxygen atoms in total. The standard InChI is InChI=1S/C49H77N11O12S2/c1-10-26(4)39-46(71)55-29(15-18-35(50)62)42(67)56-32(23-36(51)63)44(69)59-40(49(8,9)74-73-20-19-38(65)54-31(43(68)58-39)22-27-11-13-28(61)14-12-27)47(72)60-33(16-17-34(60)48(5,6)7)45(70)57-30(21-25(2)3)41(66)53-24-37(52)64/h11-14,25-26,29-34,39-40,61H,10,15-24H2,1-9H3,(H2,50,62)(H2,51,63)(H2,52,64)(H,53,66)(H,54,65)(H,55,71)(H,56,67)(H,57,70)(H,58,68)(H,59,69)/t26-,29-,30-,31-,32-,33-,34+,39-,40+/m0/s1. The minimum atomic E-state index is -1.77. The molecule has 1 aromatic carbocycles. The summed E-state index contributed by atoms with van der Waals surface area (Å²) in [6.07, 6.45) is -0.816. The second-order valence-electron chi connectivity index (χ2n) is 21.0. The third-order valence-corrected chi connectivity index (χ3v) is 16.1. The average molecular weight is 1080 g/mol. The van der Waals surface area contributed by atoms with Crippen molar-refractivity contribution in [1.82, 2.24) is 42.1 Å². The Labute approximate surface area is 440 Å². The number of phenolic OH excluding ortho intramolecular Hbond substituents is 1. The Kier molecular flexibility index (Phi) is 23.5. The van der Waals surface area contributed by atoms with Crippen LogP contribution in [0, 0.1) is 17.3 Å². The molecule has 11 amide bonds. The van der Waals surface area contributed by atoms with E-state index in [1.165, 1.54) is 17.0 Å². The summed E-state index contributed by atoms with van der Waals surface area (Å²) in [4.78, 5) is 152. The maximum atomic E-state index is 15.5. The fourth-order valence-electron chi connectivity index (χ4n) is 8.59. The highest BCUT2D eigenvalue weighted by molar-refractivity contribution is 8.77. The van der Waals surface area contributed by atoms with Crippen molar-refractivity contribution in [1.29, 1.82) is 0 Å². The third-order valence-electron chi connectivity index (χ3n) is 12.8. The van der Waals surface area contributed by atoms with Crippen molar-refractivity contribution in [2.75, 3.05) is 12.3 Å². The van der Waals surface area contributed by atoms with E-state index in [1.54, 1.807) is 39.8 Å². The Balaban J connectivity index is 2.20. The summed E-state index contributed by atoms with van der Waals surface area (Å²) in [6.45, 7) is 15.5. The van der Waals surface area contributed by atoms with Gasteiger partial charge in [0.2, 0.25) is 65.0 Å². The number of hydrogen-bond acceptors (Lipinski definition) is 14. The van der Waals surface area contributed by atoms with E-state index in [2.05, 4.69) is 37.2 Å². The predicted octanol–water partition coefficient (Wildman–Crippen LogP) is -0.353. The molecular weight excluding hydrogens is 999 g/mol. The van der Waals surface area contributed by atoms with Gasteiger partial charge in [0.1, 0.15) is 48.0 Å². The first-order chi connectivity index (χ1) is 34.4. The van der Waals surface area contributed by atoms with Crippen molar-refractivity contribution in [3.63, 3.8) is 0 Å². The summed E-state index contributed by atoms with van der Waals surface area (Å²) < 4.78 is -1.32. The molecule has 2 saturated heterocycles. The quantitative estimate of drug-likeness (QED) is 0.0889. The number of rotatable bonds is 17. The number of aromatic hydroxyl groups is 1. The lowest BCUT2D eigenvalue weighted by Gasteiger charge is -2.43. The molecule has 25 heteroatoms. The van der Waals surface area contributed by atoms with E-state index in [9.17, 15) is 53.1 Å². The Morgan fingerprint density at radius 2 is 1.42 bits per heavy atom. The van der Waals surface area contributed by atoms with Gasteiger partial charge in [-0.1, -0.05) is 88.6 Å². The van der Waals surface area contributed by atoms with Gasteiger partial charge in [-0.25, -0.2) is 0 Å². The van der Waals surface area contributed by atoms with Crippen LogP contribution in [0.4, 0.5) is 0 Å².